The minimum absolute atomic E-state index is 0.110. The van der Waals surface area contributed by atoms with Gasteiger partial charge in [-0.05, 0) is 98.2 Å². The van der Waals surface area contributed by atoms with E-state index in [-0.39, 0.29) is 30.8 Å². The first kappa shape index (κ1) is 36.7. The zero-order valence-electron chi connectivity index (χ0n) is 30.9. The molecule has 0 saturated carbocycles. The van der Waals surface area contributed by atoms with Crippen molar-refractivity contribution in [3.63, 3.8) is 0 Å². The summed E-state index contributed by atoms with van der Waals surface area (Å²) in [5, 5.41) is 9.68. The molecule has 3 aromatic rings. The van der Waals surface area contributed by atoms with Crippen LogP contribution >= 0.6 is 0 Å². The normalized spacial score (nSPS) is 17.8. The predicted molar refractivity (Wildman–Crippen MR) is 200 cm³/mol. The van der Waals surface area contributed by atoms with Crippen molar-refractivity contribution in [2.24, 2.45) is 5.92 Å². The fourth-order valence-electron chi connectivity index (χ4n) is 7.69. The van der Waals surface area contributed by atoms with Gasteiger partial charge in [0.1, 0.15) is 5.92 Å². The SMILES string of the molecule is C=CC1=C(C)c2cc3nc(cc4[nH]c(cc5[nH]c(cc1n2)c(C)c5CCC(=O)OC)c(CCC(=O)O)c4C)[C@]1(C)C3=CC=C(C(=O)OC)[C@H]1C(=O)OC. The average Bonchev–Trinajstić information content (AvgIpc) is 3.79. The standard InChI is InChI=1S/C41H42N4O8/c1-9-23-20(2)29-17-34-27-13-10-26(39(49)52-7)38(40(50)53-8)41(27,5)35(45-34)19-30-22(4)24(11-14-36(46)47)32(44-30)18-33-25(12-15-37(48)51-6)21(3)28(43-33)16-31(23)42-29/h9-10,13,16-19,38,43-44H,1,11-12,14-15H2,2-8H3,(H,46,47)/t38-,41-/m0/s1. The monoisotopic (exact) mass is 718 g/mol. The molecule has 0 fully saturated rings. The van der Waals surface area contributed by atoms with Gasteiger partial charge >= 0.3 is 23.9 Å². The topological polar surface area (TPSA) is 174 Å². The maximum atomic E-state index is 13.7. The quantitative estimate of drug-likeness (QED) is 0.166. The number of carboxylic acids is 1. The first-order valence-corrected chi connectivity index (χ1v) is 17.2. The number of carbonyl (C=O) groups is 4. The molecule has 2 atom stereocenters. The van der Waals surface area contributed by atoms with Crippen LogP contribution in [0.1, 0.15) is 71.7 Å². The second-order valence-electron chi connectivity index (χ2n) is 13.5. The van der Waals surface area contributed by atoms with Crippen LogP contribution in [-0.2, 0) is 51.6 Å². The van der Waals surface area contributed by atoms with Crippen LogP contribution in [0.25, 0.3) is 38.8 Å². The molecule has 2 aliphatic heterocycles. The summed E-state index contributed by atoms with van der Waals surface area (Å²) in [5.74, 6) is -3.68. The molecule has 3 aromatic heterocycles. The Morgan fingerprint density at radius 3 is 2.04 bits per heavy atom. The lowest BCUT2D eigenvalue weighted by Crippen LogP contribution is -2.42. The van der Waals surface area contributed by atoms with Crippen LogP contribution in [0.5, 0.6) is 0 Å². The molecule has 0 radical (unpaired) electrons. The van der Waals surface area contributed by atoms with Crippen molar-refractivity contribution in [3.8, 4) is 0 Å². The van der Waals surface area contributed by atoms with Crippen LogP contribution in [0.3, 0.4) is 0 Å². The van der Waals surface area contributed by atoms with Crippen LogP contribution in [-0.4, -0.2) is 70.2 Å². The summed E-state index contributed by atoms with van der Waals surface area (Å²) in [5.41, 5.74) is 9.92. The van der Waals surface area contributed by atoms with Crippen molar-refractivity contribution in [2.45, 2.75) is 58.8 Å². The molecule has 53 heavy (non-hydrogen) atoms. The molecular formula is C41H42N4O8. The fourth-order valence-corrected chi connectivity index (χ4v) is 7.69. The van der Waals surface area contributed by atoms with Gasteiger partial charge in [-0.25, -0.2) is 9.78 Å². The average molecular weight is 719 g/mol. The maximum absolute atomic E-state index is 13.7. The molecule has 0 unspecified atom stereocenters. The molecule has 3 N–H and O–H groups in total. The number of hydrogen-bond acceptors (Lipinski definition) is 9. The van der Waals surface area contributed by atoms with Gasteiger partial charge < -0.3 is 29.3 Å². The first-order valence-electron chi connectivity index (χ1n) is 17.2. The first-order chi connectivity index (χ1) is 25.3. The molecule has 5 heterocycles. The summed E-state index contributed by atoms with van der Waals surface area (Å²) in [6, 6.07) is 7.59. The van der Waals surface area contributed by atoms with Crippen molar-refractivity contribution in [3.05, 3.63) is 99.7 Å². The lowest BCUT2D eigenvalue weighted by Gasteiger charge is -2.36. The Balaban J connectivity index is 1.78. The molecule has 0 saturated heterocycles. The van der Waals surface area contributed by atoms with Gasteiger partial charge in [0.2, 0.25) is 0 Å². The van der Waals surface area contributed by atoms with E-state index < -0.39 is 29.2 Å². The number of rotatable bonds is 9. The highest BCUT2D eigenvalue weighted by Crippen LogP contribution is 2.52. The van der Waals surface area contributed by atoms with Gasteiger partial charge in [-0.2, -0.15) is 0 Å². The minimum Gasteiger partial charge on any atom is -0.481 e. The molecule has 0 amide bonds. The molecule has 0 spiro atoms. The summed E-state index contributed by atoms with van der Waals surface area (Å²) >= 11 is 0. The molecule has 12 nitrogen and oxygen atoms in total. The van der Waals surface area contributed by atoms with Gasteiger partial charge in [0, 0.05) is 40.5 Å². The number of H-pyrrole nitrogens is 2. The zero-order valence-corrected chi connectivity index (χ0v) is 30.9. The van der Waals surface area contributed by atoms with Gasteiger partial charge in [0.25, 0.3) is 0 Å². The van der Waals surface area contributed by atoms with Crippen LogP contribution in [0.15, 0.2) is 54.6 Å². The zero-order chi connectivity index (χ0) is 38.4. The fraction of sp³-hybridized carbons (Fsp3) is 0.317. The van der Waals surface area contributed by atoms with Crippen LogP contribution < -0.4 is 0 Å². The number of nitrogens with one attached hydrogen (secondary N) is 2. The highest BCUT2D eigenvalue weighted by Gasteiger charge is 2.53. The second kappa shape index (κ2) is 14.2. The maximum Gasteiger partial charge on any atom is 0.334 e. The van der Waals surface area contributed by atoms with E-state index in [1.165, 1.54) is 21.3 Å². The summed E-state index contributed by atoms with van der Waals surface area (Å²) in [6.07, 6.45) is 5.80. The van der Waals surface area contributed by atoms with E-state index in [2.05, 4.69) is 16.5 Å². The van der Waals surface area contributed by atoms with E-state index in [0.717, 1.165) is 44.4 Å². The molecule has 6 rings (SSSR count). The van der Waals surface area contributed by atoms with Crippen molar-refractivity contribution < 1.29 is 38.5 Å². The summed E-state index contributed by atoms with van der Waals surface area (Å²) in [4.78, 5) is 68.1. The lowest BCUT2D eigenvalue weighted by molar-refractivity contribution is -0.149. The van der Waals surface area contributed by atoms with Crippen molar-refractivity contribution in [1.82, 2.24) is 19.9 Å². The van der Waals surface area contributed by atoms with Crippen molar-refractivity contribution >= 4 is 62.7 Å². The van der Waals surface area contributed by atoms with E-state index in [4.69, 9.17) is 24.2 Å². The second-order valence-corrected chi connectivity index (χ2v) is 13.5. The molecule has 1 aliphatic carbocycles. The number of allylic oxidation sites excluding steroid dienone is 6. The number of aryl methyl sites for hydroxylation is 4. The van der Waals surface area contributed by atoms with E-state index in [0.29, 0.717) is 45.8 Å². The highest BCUT2D eigenvalue weighted by atomic mass is 16.5. The Morgan fingerprint density at radius 1 is 0.811 bits per heavy atom. The van der Waals surface area contributed by atoms with Crippen LogP contribution in [0.2, 0.25) is 0 Å². The Kier molecular flexibility index (Phi) is 9.83. The number of fused-ring (bicyclic) bond motifs is 11. The number of carboxylic acid groups (broad SMARTS) is 1. The molecule has 3 aliphatic rings. The highest BCUT2D eigenvalue weighted by molar-refractivity contribution is 6.02. The van der Waals surface area contributed by atoms with Gasteiger partial charge in [0.15, 0.2) is 0 Å². The summed E-state index contributed by atoms with van der Waals surface area (Å²) < 4.78 is 15.3. The number of hydrogen-bond donors (Lipinski definition) is 3. The van der Waals surface area contributed by atoms with Gasteiger partial charge in [0.05, 0.1) is 55.1 Å². The molecule has 274 valence electrons. The van der Waals surface area contributed by atoms with E-state index in [1.807, 2.05) is 52.0 Å². The van der Waals surface area contributed by atoms with E-state index >= 15 is 0 Å². The Morgan fingerprint density at radius 2 is 1.45 bits per heavy atom. The van der Waals surface area contributed by atoms with Gasteiger partial charge in [-0.3, -0.25) is 19.4 Å². The predicted octanol–water partition coefficient (Wildman–Crippen LogP) is 6.41. The van der Waals surface area contributed by atoms with Crippen LogP contribution in [0.4, 0.5) is 0 Å². The number of ether oxygens (including phenoxy) is 3. The number of carbonyl (C=O) groups excluding carboxylic acids is 3. The van der Waals surface area contributed by atoms with E-state index in [9.17, 15) is 24.3 Å². The van der Waals surface area contributed by atoms with Gasteiger partial charge in [-0.1, -0.05) is 24.8 Å². The molecule has 0 aromatic carbocycles. The number of esters is 3. The number of methoxy groups -OCH3 is 3. The summed E-state index contributed by atoms with van der Waals surface area (Å²) in [6.45, 7) is 11.8. The third kappa shape index (κ3) is 6.28. The van der Waals surface area contributed by atoms with E-state index in [1.54, 1.807) is 18.2 Å². The Bertz CT molecular complexity index is 2370. The Hall–Kier alpha value is -6.04. The third-order valence-corrected chi connectivity index (χ3v) is 10.7. The number of aromatic nitrogens is 4. The van der Waals surface area contributed by atoms with Crippen molar-refractivity contribution in [2.75, 3.05) is 21.3 Å². The van der Waals surface area contributed by atoms with Crippen LogP contribution in [0, 0.1) is 19.8 Å². The number of aliphatic carboxylic acids is 1. The molecule has 12 heteroatoms. The smallest absolute Gasteiger partial charge is 0.334 e. The van der Waals surface area contributed by atoms with Gasteiger partial charge in [-0.15, -0.1) is 0 Å². The summed E-state index contributed by atoms with van der Waals surface area (Å²) in [7, 11) is 3.89. The third-order valence-electron chi connectivity index (χ3n) is 10.7. The minimum atomic E-state index is -1.18. The largest absolute Gasteiger partial charge is 0.481 e. The lowest BCUT2D eigenvalue weighted by atomic mass is 9.64. The molecular weight excluding hydrogens is 676 g/mol. The number of nitrogens with zero attached hydrogens (tertiary/aromatic N) is 2. The van der Waals surface area contributed by atoms with Crippen molar-refractivity contribution in [1.29, 1.82) is 0 Å². The molecule has 8 bridgehead atoms. The number of aromatic amines is 2. The Labute approximate surface area is 306 Å².